The summed E-state index contributed by atoms with van der Waals surface area (Å²) in [5.41, 5.74) is 4.12. The summed E-state index contributed by atoms with van der Waals surface area (Å²) < 4.78 is 6.95. The van der Waals surface area contributed by atoms with Crippen molar-refractivity contribution in [1.82, 2.24) is 19.6 Å². The average Bonchev–Trinajstić information content (AvgIpc) is 3.42. The number of benzene rings is 3. The van der Waals surface area contributed by atoms with Gasteiger partial charge in [0.05, 0.1) is 18.4 Å². The molecule has 1 aliphatic rings. The van der Waals surface area contributed by atoms with Crippen LogP contribution in [-0.4, -0.2) is 64.7 Å². The van der Waals surface area contributed by atoms with Crippen LogP contribution in [0.4, 0.5) is 0 Å². The fourth-order valence-corrected chi connectivity index (χ4v) is 4.58. The number of hydrogen-bond donors (Lipinski definition) is 0. The van der Waals surface area contributed by atoms with Crippen molar-refractivity contribution < 1.29 is 14.3 Å². The maximum Gasteiger partial charge on any atom is 0.257 e. The molecule has 188 valence electrons. The maximum absolute atomic E-state index is 13.6. The average molecular weight is 495 g/mol. The lowest BCUT2D eigenvalue weighted by Crippen LogP contribution is -2.50. The molecule has 2 amide bonds. The summed E-state index contributed by atoms with van der Waals surface area (Å²) in [4.78, 5) is 30.1. The minimum atomic E-state index is -0.0635. The molecular weight excluding hydrogens is 464 g/mol. The zero-order valence-electron chi connectivity index (χ0n) is 20.9. The van der Waals surface area contributed by atoms with E-state index in [4.69, 9.17) is 9.84 Å². The predicted octanol–water partition coefficient (Wildman–Crippen LogP) is 4.47. The number of aromatic nitrogens is 2. The molecule has 2 heterocycles. The van der Waals surface area contributed by atoms with E-state index >= 15 is 0 Å². The topological polar surface area (TPSA) is 67.7 Å². The Bertz CT molecular complexity index is 1340. The molecule has 0 spiro atoms. The van der Waals surface area contributed by atoms with Crippen LogP contribution in [-0.2, 0) is 11.2 Å². The molecule has 1 aliphatic heterocycles. The monoisotopic (exact) mass is 494 g/mol. The largest absolute Gasteiger partial charge is 0.497 e. The zero-order chi connectivity index (χ0) is 25.6. The van der Waals surface area contributed by atoms with E-state index in [1.165, 1.54) is 0 Å². The fraction of sp³-hybridized carbons (Fsp3) is 0.233. The van der Waals surface area contributed by atoms with Crippen molar-refractivity contribution in [2.24, 2.45) is 0 Å². The molecule has 0 saturated carbocycles. The summed E-state index contributed by atoms with van der Waals surface area (Å²) >= 11 is 0. The van der Waals surface area contributed by atoms with Crippen molar-refractivity contribution in [3.8, 4) is 22.7 Å². The Hall–Kier alpha value is -4.39. The Morgan fingerprint density at radius 2 is 1.43 bits per heavy atom. The number of nitrogens with zero attached hydrogens (tertiary/aromatic N) is 4. The van der Waals surface area contributed by atoms with Crippen LogP contribution in [0.15, 0.2) is 91.1 Å². The van der Waals surface area contributed by atoms with Crippen LogP contribution in [0.5, 0.6) is 5.75 Å². The van der Waals surface area contributed by atoms with E-state index in [1.54, 1.807) is 11.8 Å². The first-order valence-corrected chi connectivity index (χ1v) is 12.5. The van der Waals surface area contributed by atoms with Gasteiger partial charge in [-0.25, -0.2) is 4.68 Å². The quantitative estimate of drug-likeness (QED) is 0.380. The summed E-state index contributed by atoms with van der Waals surface area (Å²) in [6.45, 7) is 2.05. The van der Waals surface area contributed by atoms with Crippen LogP contribution >= 0.6 is 0 Å². The first-order valence-electron chi connectivity index (χ1n) is 12.5. The Labute approximate surface area is 216 Å². The van der Waals surface area contributed by atoms with Crippen molar-refractivity contribution in [2.75, 3.05) is 33.3 Å². The van der Waals surface area contributed by atoms with Gasteiger partial charge in [0.25, 0.3) is 5.91 Å². The van der Waals surface area contributed by atoms with Crippen molar-refractivity contribution >= 4 is 11.8 Å². The Balaban J connectivity index is 1.25. The number of para-hydroxylation sites is 1. The van der Waals surface area contributed by atoms with E-state index < -0.39 is 0 Å². The van der Waals surface area contributed by atoms with Crippen LogP contribution in [0, 0.1) is 0 Å². The summed E-state index contributed by atoms with van der Waals surface area (Å²) in [5, 5.41) is 4.77. The van der Waals surface area contributed by atoms with Gasteiger partial charge in [0.15, 0.2) is 0 Å². The SMILES string of the molecule is COc1ccc(CCC(=O)N2CCN(C(=O)c3cn(-c4ccccc4)nc3-c3ccccc3)CC2)cc1. The summed E-state index contributed by atoms with van der Waals surface area (Å²) in [5.74, 6) is 0.858. The Kier molecular flexibility index (Phi) is 7.31. The Morgan fingerprint density at radius 1 is 0.811 bits per heavy atom. The number of carbonyl (C=O) groups excluding carboxylic acids is 2. The molecule has 1 saturated heterocycles. The highest BCUT2D eigenvalue weighted by Gasteiger charge is 2.28. The predicted molar refractivity (Wildman–Crippen MR) is 143 cm³/mol. The van der Waals surface area contributed by atoms with Crippen LogP contribution in [0.25, 0.3) is 16.9 Å². The van der Waals surface area contributed by atoms with Gasteiger partial charge in [-0.3, -0.25) is 9.59 Å². The van der Waals surface area contributed by atoms with Crippen molar-refractivity contribution in [1.29, 1.82) is 0 Å². The van der Waals surface area contributed by atoms with Crippen LogP contribution in [0.2, 0.25) is 0 Å². The summed E-state index contributed by atoms with van der Waals surface area (Å²) in [6.07, 6.45) is 2.94. The molecule has 0 unspecified atom stereocenters. The third-order valence-electron chi connectivity index (χ3n) is 6.72. The molecule has 0 aliphatic carbocycles. The van der Waals surface area contributed by atoms with Gasteiger partial charge in [-0.1, -0.05) is 60.7 Å². The van der Waals surface area contributed by atoms with Crippen LogP contribution in [0.3, 0.4) is 0 Å². The smallest absolute Gasteiger partial charge is 0.257 e. The van der Waals surface area contributed by atoms with Crippen LogP contribution in [0.1, 0.15) is 22.3 Å². The number of hydrogen-bond acceptors (Lipinski definition) is 4. The number of amides is 2. The molecular formula is C30H30N4O3. The first kappa shape index (κ1) is 24.3. The highest BCUT2D eigenvalue weighted by molar-refractivity contribution is 6.00. The Morgan fingerprint density at radius 3 is 2.08 bits per heavy atom. The molecule has 0 radical (unpaired) electrons. The van der Waals surface area contributed by atoms with Crippen LogP contribution < -0.4 is 4.74 Å². The first-order chi connectivity index (χ1) is 18.1. The number of aryl methyl sites for hydroxylation is 1. The molecule has 0 N–H and O–H groups in total. The van der Waals surface area contributed by atoms with E-state index in [2.05, 4.69) is 0 Å². The minimum Gasteiger partial charge on any atom is -0.497 e. The van der Waals surface area contributed by atoms with Gasteiger partial charge in [-0.15, -0.1) is 0 Å². The summed E-state index contributed by atoms with van der Waals surface area (Å²) in [7, 11) is 1.64. The minimum absolute atomic E-state index is 0.0635. The van der Waals surface area contributed by atoms with Gasteiger partial charge in [-0.05, 0) is 36.2 Å². The molecule has 0 bridgehead atoms. The lowest BCUT2D eigenvalue weighted by Gasteiger charge is -2.34. The van der Waals surface area contributed by atoms with Crippen molar-refractivity contribution in [2.45, 2.75) is 12.8 Å². The highest BCUT2D eigenvalue weighted by atomic mass is 16.5. The van der Waals surface area contributed by atoms with E-state index in [9.17, 15) is 9.59 Å². The number of methoxy groups -OCH3 is 1. The number of carbonyl (C=O) groups is 2. The van der Waals surface area contributed by atoms with Gasteiger partial charge in [0.1, 0.15) is 11.4 Å². The van der Waals surface area contributed by atoms with Gasteiger partial charge in [0, 0.05) is 44.4 Å². The fourth-order valence-electron chi connectivity index (χ4n) is 4.58. The third-order valence-corrected chi connectivity index (χ3v) is 6.72. The van der Waals surface area contributed by atoms with E-state index in [-0.39, 0.29) is 11.8 Å². The number of piperazine rings is 1. The molecule has 7 heteroatoms. The standard InChI is InChI=1S/C30H30N4O3/c1-37-26-15-12-23(13-16-26)14-17-28(35)32-18-20-33(21-19-32)30(36)27-22-34(25-10-6-3-7-11-25)31-29(27)24-8-4-2-5-9-24/h2-13,15-16,22H,14,17-21H2,1H3. The molecule has 7 nitrogen and oxygen atoms in total. The van der Waals surface area contributed by atoms with Gasteiger partial charge >= 0.3 is 0 Å². The van der Waals surface area contributed by atoms with E-state index in [0.29, 0.717) is 50.3 Å². The van der Waals surface area contributed by atoms with Gasteiger partial charge in [0.2, 0.25) is 5.91 Å². The second-order valence-corrected chi connectivity index (χ2v) is 9.06. The lowest BCUT2D eigenvalue weighted by molar-refractivity contribution is -0.132. The second kappa shape index (κ2) is 11.1. The third kappa shape index (κ3) is 5.56. The molecule has 37 heavy (non-hydrogen) atoms. The van der Waals surface area contributed by atoms with E-state index in [1.807, 2.05) is 101 Å². The molecule has 1 aromatic heterocycles. The maximum atomic E-state index is 13.6. The van der Waals surface area contributed by atoms with Crippen molar-refractivity contribution in [3.05, 3.63) is 102 Å². The van der Waals surface area contributed by atoms with Crippen molar-refractivity contribution in [3.63, 3.8) is 0 Å². The summed E-state index contributed by atoms with van der Waals surface area (Å²) in [6, 6.07) is 27.4. The zero-order valence-corrected chi connectivity index (χ0v) is 20.9. The lowest BCUT2D eigenvalue weighted by atomic mass is 10.1. The molecule has 4 aromatic rings. The molecule has 5 rings (SSSR count). The molecule has 1 fully saturated rings. The van der Waals surface area contributed by atoms with Gasteiger partial charge < -0.3 is 14.5 Å². The highest BCUT2D eigenvalue weighted by Crippen LogP contribution is 2.25. The molecule has 3 aromatic carbocycles. The second-order valence-electron chi connectivity index (χ2n) is 9.06. The number of rotatable bonds is 7. The normalized spacial score (nSPS) is 13.4. The van der Waals surface area contributed by atoms with Gasteiger partial charge in [-0.2, -0.15) is 5.10 Å². The molecule has 0 atom stereocenters. The van der Waals surface area contributed by atoms with E-state index in [0.717, 1.165) is 22.6 Å². The number of ether oxygens (including phenoxy) is 1.